The Morgan fingerprint density at radius 1 is 1.08 bits per heavy atom. The van der Waals surface area contributed by atoms with E-state index in [1.807, 2.05) is 30.3 Å². The molecule has 2 saturated heterocycles. The number of carbonyl (C=O) groups is 3. The number of nitrogens with one attached hydrogen (secondary N) is 1. The predicted octanol–water partition coefficient (Wildman–Crippen LogP) is 0.746. The van der Waals surface area contributed by atoms with Crippen molar-refractivity contribution in [1.82, 2.24) is 15.1 Å². The average Bonchev–Trinajstić information content (AvgIpc) is 3.06. The van der Waals surface area contributed by atoms with Gasteiger partial charge in [0.1, 0.15) is 12.6 Å². The molecule has 128 valence electrons. The lowest BCUT2D eigenvalue weighted by Crippen LogP contribution is -2.54. The van der Waals surface area contributed by atoms with E-state index < -0.39 is 6.04 Å². The van der Waals surface area contributed by atoms with Crippen molar-refractivity contribution in [3.8, 4) is 0 Å². The maximum atomic E-state index is 12.3. The molecule has 0 aliphatic carbocycles. The van der Waals surface area contributed by atoms with Crippen molar-refractivity contribution in [3.05, 3.63) is 35.9 Å². The molecule has 3 rings (SSSR count). The van der Waals surface area contributed by atoms with Crippen molar-refractivity contribution in [3.63, 3.8) is 0 Å². The number of hydrogen-bond donors (Lipinski definition) is 1. The maximum absolute atomic E-state index is 12.3. The first-order valence-corrected chi connectivity index (χ1v) is 8.17. The summed E-state index contributed by atoms with van der Waals surface area (Å²) < 4.78 is 5.30. The van der Waals surface area contributed by atoms with Gasteiger partial charge in [-0.15, -0.1) is 0 Å². The van der Waals surface area contributed by atoms with E-state index in [1.165, 1.54) is 0 Å². The number of amides is 3. The normalized spacial score (nSPS) is 20.7. The smallest absolute Gasteiger partial charge is 0.410 e. The Bertz CT molecular complexity index is 612. The molecule has 7 heteroatoms. The summed E-state index contributed by atoms with van der Waals surface area (Å²) in [6.07, 6.45) is 0.597. The molecule has 24 heavy (non-hydrogen) atoms. The van der Waals surface area contributed by atoms with Crippen molar-refractivity contribution in [1.29, 1.82) is 0 Å². The number of benzene rings is 1. The van der Waals surface area contributed by atoms with Crippen LogP contribution in [-0.4, -0.2) is 59.9 Å². The largest absolute Gasteiger partial charge is 0.445 e. The first-order chi connectivity index (χ1) is 11.6. The van der Waals surface area contributed by atoms with Gasteiger partial charge in [-0.3, -0.25) is 9.59 Å². The molecule has 0 spiro atoms. The van der Waals surface area contributed by atoms with E-state index >= 15 is 0 Å². The molecule has 2 heterocycles. The molecule has 0 saturated carbocycles. The summed E-state index contributed by atoms with van der Waals surface area (Å²) in [5.74, 6) is -0.130. The Morgan fingerprint density at radius 3 is 2.38 bits per heavy atom. The quantitative estimate of drug-likeness (QED) is 0.886. The van der Waals surface area contributed by atoms with Crippen LogP contribution in [0.25, 0.3) is 0 Å². The molecule has 1 aromatic rings. The van der Waals surface area contributed by atoms with E-state index in [0.717, 1.165) is 5.56 Å². The zero-order chi connectivity index (χ0) is 16.9. The van der Waals surface area contributed by atoms with Crippen molar-refractivity contribution in [2.45, 2.75) is 25.5 Å². The number of carbonyl (C=O) groups excluding carboxylic acids is 3. The Hall–Kier alpha value is -2.57. The van der Waals surface area contributed by atoms with Crippen LogP contribution >= 0.6 is 0 Å². The zero-order valence-corrected chi connectivity index (χ0v) is 13.4. The summed E-state index contributed by atoms with van der Waals surface area (Å²) in [5.41, 5.74) is 0.941. The second-order valence-corrected chi connectivity index (χ2v) is 6.01. The number of nitrogens with zero attached hydrogens (tertiary/aromatic N) is 2. The van der Waals surface area contributed by atoms with Gasteiger partial charge in [0.05, 0.1) is 0 Å². The third-order valence-corrected chi connectivity index (χ3v) is 4.35. The molecule has 2 aliphatic heterocycles. The van der Waals surface area contributed by atoms with Crippen LogP contribution in [0.3, 0.4) is 0 Å². The Morgan fingerprint density at radius 2 is 1.75 bits per heavy atom. The second kappa shape index (κ2) is 7.33. The number of rotatable bonds is 3. The van der Waals surface area contributed by atoms with Crippen LogP contribution in [-0.2, 0) is 20.9 Å². The molecular weight excluding hydrogens is 310 g/mol. The molecule has 0 radical (unpaired) electrons. The summed E-state index contributed by atoms with van der Waals surface area (Å²) in [6.45, 7) is 2.06. The van der Waals surface area contributed by atoms with E-state index in [0.29, 0.717) is 39.0 Å². The van der Waals surface area contributed by atoms with Crippen LogP contribution in [0.15, 0.2) is 30.3 Å². The van der Waals surface area contributed by atoms with Crippen LogP contribution < -0.4 is 5.32 Å². The Balaban J connectivity index is 1.43. The SMILES string of the molecule is O=C1CCC(C(=O)N2CCN(C(=O)OCc3ccccc3)CC2)N1. The van der Waals surface area contributed by atoms with Gasteiger partial charge in [0, 0.05) is 32.6 Å². The first kappa shape index (κ1) is 16.3. The molecule has 1 N–H and O–H groups in total. The number of ether oxygens (including phenoxy) is 1. The monoisotopic (exact) mass is 331 g/mol. The minimum Gasteiger partial charge on any atom is -0.445 e. The molecule has 7 nitrogen and oxygen atoms in total. The lowest BCUT2D eigenvalue weighted by atomic mass is 10.2. The third kappa shape index (κ3) is 3.84. The van der Waals surface area contributed by atoms with Gasteiger partial charge in [-0.1, -0.05) is 30.3 Å². The van der Waals surface area contributed by atoms with Crippen LogP contribution in [0.1, 0.15) is 18.4 Å². The van der Waals surface area contributed by atoms with Gasteiger partial charge in [-0.05, 0) is 12.0 Å². The number of hydrogen-bond acceptors (Lipinski definition) is 4. The third-order valence-electron chi connectivity index (χ3n) is 4.35. The molecule has 0 bridgehead atoms. The van der Waals surface area contributed by atoms with Gasteiger partial charge >= 0.3 is 6.09 Å². The molecule has 1 atom stereocenters. The van der Waals surface area contributed by atoms with Gasteiger partial charge in [0.2, 0.25) is 11.8 Å². The van der Waals surface area contributed by atoms with Gasteiger partial charge in [0.25, 0.3) is 0 Å². The highest BCUT2D eigenvalue weighted by Crippen LogP contribution is 2.13. The van der Waals surface area contributed by atoms with E-state index in [2.05, 4.69) is 5.32 Å². The molecule has 1 unspecified atom stereocenters. The minimum absolute atomic E-state index is 0.0573. The van der Waals surface area contributed by atoms with E-state index in [9.17, 15) is 14.4 Å². The average molecular weight is 331 g/mol. The second-order valence-electron chi connectivity index (χ2n) is 6.01. The van der Waals surface area contributed by atoms with Gasteiger partial charge in [-0.2, -0.15) is 0 Å². The summed E-state index contributed by atoms with van der Waals surface area (Å²) in [7, 11) is 0. The van der Waals surface area contributed by atoms with Crippen LogP contribution in [0.5, 0.6) is 0 Å². The summed E-state index contributed by atoms with van der Waals surface area (Å²) >= 11 is 0. The summed E-state index contributed by atoms with van der Waals surface area (Å²) in [5, 5.41) is 2.69. The van der Waals surface area contributed by atoms with E-state index in [1.54, 1.807) is 9.80 Å². The lowest BCUT2D eigenvalue weighted by Gasteiger charge is -2.35. The fourth-order valence-electron chi connectivity index (χ4n) is 2.94. The Labute approximate surface area is 140 Å². The fraction of sp³-hybridized carbons (Fsp3) is 0.471. The molecule has 0 aromatic heterocycles. The number of piperazine rings is 1. The van der Waals surface area contributed by atoms with Crippen molar-refractivity contribution in [2.24, 2.45) is 0 Å². The predicted molar refractivity (Wildman–Crippen MR) is 85.9 cm³/mol. The summed E-state index contributed by atoms with van der Waals surface area (Å²) in [6, 6.07) is 9.10. The minimum atomic E-state index is -0.408. The topological polar surface area (TPSA) is 79.0 Å². The lowest BCUT2D eigenvalue weighted by molar-refractivity contribution is -0.135. The van der Waals surface area contributed by atoms with Crippen molar-refractivity contribution < 1.29 is 19.1 Å². The van der Waals surface area contributed by atoms with Gasteiger partial charge in [-0.25, -0.2) is 4.79 Å². The molecule has 2 aliphatic rings. The van der Waals surface area contributed by atoms with Crippen LogP contribution in [0.2, 0.25) is 0 Å². The maximum Gasteiger partial charge on any atom is 0.410 e. The van der Waals surface area contributed by atoms with Crippen LogP contribution in [0.4, 0.5) is 4.79 Å². The fourth-order valence-corrected chi connectivity index (χ4v) is 2.94. The Kier molecular flexibility index (Phi) is 4.98. The van der Waals surface area contributed by atoms with Crippen molar-refractivity contribution >= 4 is 17.9 Å². The van der Waals surface area contributed by atoms with E-state index in [4.69, 9.17) is 4.74 Å². The molecule has 1 aromatic carbocycles. The highest BCUT2D eigenvalue weighted by atomic mass is 16.6. The highest BCUT2D eigenvalue weighted by molar-refractivity contribution is 5.90. The van der Waals surface area contributed by atoms with E-state index in [-0.39, 0.29) is 24.5 Å². The summed E-state index contributed by atoms with van der Waals surface area (Å²) in [4.78, 5) is 38.9. The zero-order valence-electron chi connectivity index (χ0n) is 13.4. The molecular formula is C17H21N3O4. The highest BCUT2D eigenvalue weighted by Gasteiger charge is 2.33. The molecule has 3 amide bonds. The standard InChI is InChI=1S/C17H21N3O4/c21-15-7-6-14(18-15)16(22)19-8-10-20(11-9-19)17(23)24-12-13-4-2-1-3-5-13/h1-5,14H,6-12H2,(H,18,21). The van der Waals surface area contributed by atoms with Crippen LogP contribution in [0, 0.1) is 0 Å². The first-order valence-electron chi connectivity index (χ1n) is 8.17. The van der Waals surface area contributed by atoms with Gasteiger partial charge in [0.15, 0.2) is 0 Å². The van der Waals surface area contributed by atoms with Crippen molar-refractivity contribution in [2.75, 3.05) is 26.2 Å². The van der Waals surface area contributed by atoms with Gasteiger partial charge < -0.3 is 19.9 Å². The molecule has 2 fully saturated rings.